The lowest BCUT2D eigenvalue weighted by Gasteiger charge is -2.33. The predicted octanol–water partition coefficient (Wildman–Crippen LogP) is 5.78. The van der Waals surface area contributed by atoms with Crippen molar-refractivity contribution in [2.45, 2.75) is 58.0 Å². The second-order valence-corrected chi connectivity index (χ2v) is 9.98. The highest BCUT2D eigenvalue weighted by atomic mass is 35.5. The molecule has 1 aliphatic rings. The lowest BCUT2D eigenvalue weighted by molar-refractivity contribution is -0.123. The van der Waals surface area contributed by atoms with Crippen molar-refractivity contribution in [3.8, 4) is 0 Å². The van der Waals surface area contributed by atoms with E-state index >= 15 is 0 Å². The number of carbonyl (C=O) groups is 2. The Hall–Kier alpha value is -2.84. The number of amides is 2. The molecule has 34 heavy (non-hydrogen) atoms. The number of hydrogen-bond acceptors (Lipinski definition) is 5. The number of anilines is 1. The van der Waals surface area contributed by atoms with Gasteiger partial charge in [0.2, 0.25) is 5.91 Å². The van der Waals surface area contributed by atoms with Gasteiger partial charge in [0.05, 0.1) is 4.88 Å². The van der Waals surface area contributed by atoms with E-state index in [4.69, 9.17) is 11.6 Å². The monoisotopic (exact) mass is 500 g/mol. The Morgan fingerprint density at radius 1 is 1.12 bits per heavy atom. The molecule has 0 radical (unpaired) electrons. The summed E-state index contributed by atoms with van der Waals surface area (Å²) < 4.78 is 18.5. The summed E-state index contributed by atoms with van der Waals surface area (Å²) in [6.07, 6.45) is 5.02. The Bertz CT molecular complexity index is 1180. The van der Waals surface area contributed by atoms with Crippen LogP contribution in [0.15, 0.2) is 42.5 Å². The van der Waals surface area contributed by atoms with Gasteiger partial charge >= 0.3 is 0 Å². The number of aryl methyl sites for hydroxylation is 2. The van der Waals surface area contributed by atoms with Gasteiger partial charge in [-0.2, -0.15) is 0 Å². The fourth-order valence-electron chi connectivity index (χ4n) is 4.25. The number of benzene rings is 2. The lowest BCUT2D eigenvalue weighted by Crippen LogP contribution is -2.47. The maximum atomic E-state index is 14.6. The van der Waals surface area contributed by atoms with Crippen molar-refractivity contribution < 1.29 is 14.0 Å². The molecule has 2 aromatic carbocycles. The van der Waals surface area contributed by atoms with Gasteiger partial charge in [0, 0.05) is 16.8 Å². The lowest BCUT2D eigenvalue weighted by atomic mass is 9.94. The zero-order valence-electron chi connectivity index (χ0n) is 19.1. The summed E-state index contributed by atoms with van der Waals surface area (Å²) >= 11 is 7.20. The first-order valence-corrected chi connectivity index (χ1v) is 12.4. The van der Waals surface area contributed by atoms with Gasteiger partial charge in [-0.05, 0) is 73.6 Å². The maximum absolute atomic E-state index is 14.6. The fourth-order valence-corrected chi connectivity index (χ4v) is 4.83. The van der Waals surface area contributed by atoms with Crippen LogP contribution in [0.25, 0.3) is 0 Å². The Balaban J connectivity index is 1.82. The molecule has 0 spiro atoms. The first-order valence-electron chi connectivity index (χ1n) is 11.3. The average Bonchev–Trinajstić information content (AvgIpc) is 3.26. The van der Waals surface area contributed by atoms with Crippen LogP contribution < -0.4 is 10.2 Å². The Kier molecular flexibility index (Phi) is 7.58. The number of nitrogens with one attached hydrogen (secondary N) is 1. The third-order valence-corrected chi connectivity index (χ3v) is 7.03. The van der Waals surface area contributed by atoms with Crippen molar-refractivity contribution in [1.82, 2.24) is 14.9 Å². The van der Waals surface area contributed by atoms with E-state index in [0.29, 0.717) is 21.0 Å². The first-order chi connectivity index (χ1) is 16.3. The number of halogens is 2. The fraction of sp³-hybridized carbons (Fsp3) is 0.360. The molecular weight excluding hydrogens is 475 g/mol. The van der Waals surface area contributed by atoms with Gasteiger partial charge < -0.3 is 5.32 Å². The van der Waals surface area contributed by atoms with Crippen molar-refractivity contribution in [2.24, 2.45) is 0 Å². The summed E-state index contributed by atoms with van der Waals surface area (Å²) in [6.45, 7) is 3.39. The number of aromatic nitrogens is 2. The molecule has 1 atom stereocenters. The number of carbonyl (C=O) groups excluding carboxylic acids is 2. The van der Waals surface area contributed by atoms with Crippen LogP contribution in [0, 0.1) is 19.7 Å². The van der Waals surface area contributed by atoms with Crippen molar-refractivity contribution in [1.29, 1.82) is 0 Å². The highest BCUT2D eigenvalue weighted by Gasteiger charge is 2.36. The molecule has 1 aromatic heterocycles. The normalized spacial score (nSPS) is 15.1. The van der Waals surface area contributed by atoms with Crippen molar-refractivity contribution in [3.63, 3.8) is 0 Å². The molecular formula is C25H26ClFN4O2S. The van der Waals surface area contributed by atoms with Crippen LogP contribution in [0.3, 0.4) is 0 Å². The van der Waals surface area contributed by atoms with Crippen LogP contribution in [0.5, 0.6) is 0 Å². The Labute approximate surface area is 207 Å². The summed E-state index contributed by atoms with van der Waals surface area (Å²) in [5.41, 5.74) is 1.40. The molecule has 178 valence electrons. The molecule has 0 saturated heterocycles. The van der Waals surface area contributed by atoms with Gasteiger partial charge in [0.25, 0.3) is 5.91 Å². The topological polar surface area (TPSA) is 75.2 Å². The SMILES string of the molecule is Cc1ccc(N(C(=O)c2nnsc2C)C(C(=O)NC2CCCCC2)c2ccc(Cl)cc2)cc1F. The third kappa shape index (κ3) is 5.28. The van der Waals surface area contributed by atoms with Crippen LogP contribution in [0.1, 0.15) is 64.6 Å². The Morgan fingerprint density at radius 2 is 1.82 bits per heavy atom. The molecule has 1 heterocycles. The zero-order chi connectivity index (χ0) is 24.2. The largest absolute Gasteiger partial charge is 0.351 e. The molecule has 6 nitrogen and oxygen atoms in total. The van der Waals surface area contributed by atoms with Crippen LogP contribution in [0.2, 0.25) is 5.02 Å². The molecule has 1 N–H and O–H groups in total. The zero-order valence-corrected chi connectivity index (χ0v) is 20.6. The highest BCUT2D eigenvalue weighted by Crippen LogP contribution is 2.32. The van der Waals surface area contributed by atoms with E-state index in [1.807, 2.05) is 0 Å². The summed E-state index contributed by atoms with van der Waals surface area (Å²) in [4.78, 5) is 29.5. The van der Waals surface area contributed by atoms with Crippen LogP contribution in [-0.2, 0) is 4.79 Å². The van der Waals surface area contributed by atoms with E-state index in [1.54, 1.807) is 50.2 Å². The van der Waals surface area contributed by atoms with Crippen LogP contribution >= 0.6 is 23.1 Å². The standard InChI is InChI=1S/C25H26ClFN4O2S/c1-15-8-13-20(14-21(15)27)31(25(33)22-16(2)34-30-29-22)23(17-9-11-18(26)12-10-17)24(32)28-19-6-4-3-5-7-19/h8-14,19,23H,3-7H2,1-2H3,(H,28,32). The minimum absolute atomic E-state index is 0.0328. The second kappa shape index (κ2) is 10.6. The van der Waals surface area contributed by atoms with E-state index in [1.165, 1.54) is 11.0 Å². The molecule has 1 unspecified atom stereocenters. The Morgan fingerprint density at radius 3 is 2.44 bits per heavy atom. The van der Waals surface area contributed by atoms with Gasteiger partial charge in [-0.1, -0.05) is 53.6 Å². The van der Waals surface area contributed by atoms with Crippen molar-refractivity contribution in [3.05, 3.63) is 75.0 Å². The van der Waals surface area contributed by atoms with E-state index in [-0.39, 0.29) is 23.3 Å². The van der Waals surface area contributed by atoms with Crippen LogP contribution in [-0.4, -0.2) is 27.4 Å². The molecule has 0 bridgehead atoms. The quantitative estimate of drug-likeness (QED) is 0.465. The summed E-state index contributed by atoms with van der Waals surface area (Å²) in [5.74, 6) is -1.32. The average molecular weight is 501 g/mol. The molecule has 0 aliphatic heterocycles. The van der Waals surface area contributed by atoms with E-state index in [2.05, 4.69) is 14.9 Å². The van der Waals surface area contributed by atoms with E-state index in [0.717, 1.165) is 43.6 Å². The van der Waals surface area contributed by atoms with Crippen molar-refractivity contribution >= 4 is 40.6 Å². The summed E-state index contributed by atoms with van der Waals surface area (Å²) in [6, 6.07) is 10.3. The smallest absolute Gasteiger partial charge is 0.281 e. The molecule has 1 saturated carbocycles. The molecule has 2 amide bonds. The van der Waals surface area contributed by atoms with Gasteiger partial charge in [0.15, 0.2) is 5.69 Å². The first kappa shape index (κ1) is 24.3. The van der Waals surface area contributed by atoms with E-state index in [9.17, 15) is 14.0 Å². The number of nitrogens with zero attached hydrogens (tertiary/aromatic N) is 3. The van der Waals surface area contributed by atoms with Gasteiger partial charge in [-0.25, -0.2) is 4.39 Å². The maximum Gasteiger partial charge on any atom is 0.281 e. The molecule has 1 aliphatic carbocycles. The predicted molar refractivity (Wildman–Crippen MR) is 132 cm³/mol. The summed E-state index contributed by atoms with van der Waals surface area (Å²) in [7, 11) is 0. The van der Waals surface area contributed by atoms with Crippen LogP contribution in [0.4, 0.5) is 10.1 Å². The van der Waals surface area contributed by atoms with Gasteiger partial charge in [0.1, 0.15) is 11.9 Å². The van der Waals surface area contributed by atoms with E-state index < -0.39 is 17.8 Å². The number of hydrogen-bond donors (Lipinski definition) is 1. The minimum Gasteiger partial charge on any atom is -0.351 e. The molecule has 3 aromatic rings. The third-order valence-electron chi connectivity index (χ3n) is 6.15. The molecule has 9 heteroatoms. The highest BCUT2D eigenvalue weighted by molar-refractivity contribution is 7.05. The van der Waals surface area contributed by atoms with Crippen molar-refractivity contribution in [2.75, 3.05) is 4.90 Å². The molecule has 1 fully saturated rings. The second-order valence-electron chi connectivity index (χ2n) is 8.58. The molecule has 4 rings (SSSR count). The van der Waals surface area contributed by atoms with Gasteiger partial charge in [-0.3, -0.25) is 14.5 Å². The minimum atomic E-state index is -1.05. The number of rotatable bonds is 6. The summed E-state index contributed by atoms with van der Waals surface area (Å²) in [5, 5.41) is 7.64. The van der Waals surface area contributed by atoms with Gasteiger partial charge in [-0.15, -0.1) is 5.10 Å².